The van der Waals surface area contributed by atoms with Crippen LogP contribution in [0.2, 0.25) is 0 Å². The van der Waals surface area contributed by atoms with E-state index >= 15 is 0 Å². The largest absolute Gasteiger partial charge is 0.389 e. The molecule has 1 rings (SSSR count). The molecule has 0 spiro atoms. The molecule has 1 atom stereocenters. The highest BCUT2D eigenvalue weighted by Gasteiger charge is 2.49. The first-order chi connectivity index (χ1) is 6.66. The summed E-state index contributed by atoms with van der Waals surface area (Å²) >= 11 is 0. The molecule has 0 aliphatic carbocycles. The van der Waals surface area contributed by atoms with Gasteiger partial charge in [0.15, 0.2) is 6.29 Å². The predicted octanol–water partition coefficient (Wildman–Crippen LogP) is 2.24. The minimum Gasteiger partial charge on any atom is -0.389 e. The van der Waals surface area contributed by atoms with Crippen LogP contribution in [-0.2, 0) is 9.47 Å². The minimum atomic E-state index is -0.468. The van der Waals surface area contributed by atoms with E-state index in [0.717, 1.165) is 5.57 Å². The molecule has 1 fully saturated rings. The number of hydrogen-bond donors (Lipinski definition) is 1. The fourth-order valence-corrected chi connectivity index (χ4v) is 1.49. The summed E-state index contributed by atoms with van der Waals surface area (Å²) in [5.74, 6) is 0. The van der Waals surface area contributed by atoms with Gasteiger partial charge < -0.3 is 14.6 Å². The normalized spacial score (nSPS) is 28.1. The molecule has 0 aromatic rings. The fraction of sp³-hybridized carbons (Fsp3) is 0.833. The molecule has 3 heteroatoms. The third-order valence-corrected chi connectivity index (χ3v) is 3.13. The van der Waals surface area contributed by atoms with E-state index in [-0.39, 0.29) is 17.5 Å². The first kappa shape index (κ1) is 12.7. The molecule has 1 heterocycles. The van der Waals surface area contributed by atoms with E-state index in [1.54, 1.807) is 13.0 Å². The van der Waals surface area contributed by atoms with Gasteiger partial charge in [-0.15, -0.1) is 0 Å². The molecular formula is C12H22O3. The van der Waals surface area contributed by atoms with Gasteiger partial charge in [-0.3, -0.25) is 0 Å². The van der Waals surface area contributed by atoms with Crippen molar-refractivity contribution in [2.75, 3.05) is 0 Å². The van der Waals surface area contributed by atoms with Crippen LogP contribution >= 0.6 is 0 Å². The Kier molecular flexibility index (Phi) is 3.29. The van der Waals surface area contributed by atoms with Gasteiger partial charge in [-0.25, -0.2) is 0 Å². The average molecular weight is 214 g/mol. The van der Waals surface area contributed by atoms with Crippen molar-refractivity contribution >= 4 is 0 Å². The summed E-state index contributed by atoms with van der Waals surface area (Å²) < 4.78 is 11.7. The maximum absolute atomic E-state index is 9.26. The molecule has 1 N–H and O–H groups in total. The Hall–Kier alpha value is -0.380. The van der Waals surface area contributed by atoms with E-state index < -0.39 is 6.10 Å². The quantitative estimate of drug-likeness (QED) is 0.716. The van der Waals surface area contributed by atoms with Crippen LogP contribution < -0.4 is 0 Å². The maximum Gasteiger partial charge on any atom is 0.181 e. The van der Waals surface area contributed by atoms with Gasteiger partial charge in [-0.05, 0) is 47.1 Å². The second kappa shape index (κ2) is 3.89. The summed E-state index contributed by atoms with van der Waals surface area (Å²) in [4.78, 5) is 0. The van der Waals surface area contributed by atoms with Crippen molar-refractivity contribution in [3.8, 4) is 0 Å². The molecule has 0 radical (unpaired) electrons. The van der Waals surface area contributed by atoms with Crippen LogP contribution in [0.15, 0.2) is 11.6 Å². The average Bonchev–Trinajstić information content (AvgIpc) is 2.20. The Balaban J connectivity index is 2.79. The lowest BCUT2D eigenvalue weighted by Crippen LogP contribution is -2.41. The van der Waals surface area contributed by atoms with Crippen molar-refractivity contribution in [1.82, 2.24) is 0 Å². The van der Waals surface area contributed by atoms with E-state index in [0.29, 0.717) is 0 Å². The lowest BCUT2D eigenvalue weighted by atomic mass is 9.90. The van der Waals surface area contributed by atoms with Gasteiger partial charge in [0, 0.05) is 0 Å². The van der Waals surface area contributed by atoms with Crippen molar-refractivity contribution < 1.29 is 14.6 Å². The molecule has 1 saturated heterocycles. The van der Waals surface area contributed by atoms with Crippen molar-refractivity contribution in [2.45, 2.75) is 65.1 Å². The molecule has 88 valence electrons. The molecule has 1 unspecified atom stereocenters. The Morgan fingerprint density at radius 2 is 1.60 bits per heavy atom. The van der Waals surface area contributed by atoms with Gasteiger partial charge in [0.05, 0.1) is 17.3 Å². The van der Waals surface area contributed by atoms with Gasteiger partial charge in [-0.1, -0.05) is 6.08 Å². The Labute approximate surface area is 92.1 Å². The molecule has 0 amide bonds. The summed E-state index contributed by atoms with van der Waals surface area (Å²) in [6.45, 7) is 11.7. The van der Waals surface area contributed by atoms with Gasteiger partial charge >= 0.3 is 0 Å². The number of hydrogen-bond acceptors (Lipinski definition) is 3. The van der Waals surface area contributed by atoms with Crippen LogP contribution in [0.25, 0.3) is 0 Å². The zero-order valence-corrected chi connectivity index (χ0v) is 10.5. The number of ether oxygens (including phenoxy) is 2. The monoisotopic (exact) mass is 214 g/mol. The van der Waals surface area contributed by atoms with Crippen LogP contribution in [0.5, 0.6) is 0 Å². The number of aliphatic hydroxyl groups excluding tert-OH is 1. The van der Waals surface area contributed by atoms with Crippen molar-refractivity contribution in [1.29, 1.82) is 0 Å². The second-order valence-corrected chi connectivity index (χ2v) is 5.24. The topological polar surface area (TPSA) is 38.7 Å². The first-order valence-corrected chi connectivity index (χ1v) is 5.38. The van der Waals surface area contributed by atoms with E-state index in [9.17, 15) is 5.11 Å². The third kappa shape index (κ3) is 2.60. The molecule has 15 heavy (non-hydrogen) atoms. The van der Waals surface area contributed by atoms with Crippen LogP contribution in [-0.4, -0.2) is 28.7 Å². The van der Waals surface area contributed by atoms with Gasteiger partial charge in [0.1, 0.15) is 0 Å². The van der Waals surface area contributed by atoms with E-state index in [2.05, 4.69) is 0 Å². The molecule has 0 saturated carbocycles. The van der Waals surface area contributed by atoms with Crippen LogP contribution in [0.4, 0.5) is 0 Å². The van der Waals surface area contributed by atoms with Crippen molar-refractivity contribution in [3.05, 3.63) is 11.6 Å². The third-order valence-electron chi connectivity index (χ3n) is 3.13. The summed E-state index contributed by atoms with van der Waals surface area (Å²) in [5, 5.41) is 9.26. The molecular weight excluding hydrogens is 192 g/mol. The van der Waals surface area contributed by atoms with E-state index in [1.165, 1.54) is 0 Å². The molecule has 1 aliphatic heterocycles. The van der Waals surface area contributed by atoms with Crippen LogP contribution in [0, 0.1) is 0 Å². The highest BCUT2D eigenvalue weighted by Crippen LogP contribution is 2.40. The van der Waals surface area contributed by atoms with Crippen LogP contribution in [0.1, 0.15) is 41.5 Å². The SMILES string of the molecule is C/C(=C/C(C)O)C1OC(C)(C)C(C)(C)O1. The predicted molar refractivity (Wildman–Crippen MR) is 59.6 cm³/mol. The highest BCUT2D eigenvalue weighted by atomic mass is 16.7. The highest BCUT2D eigenvalue weighted by molar-refractivity contribution is 5.09. The summed E-state index contributed by atoms with van der Waals surface area (Å²) in [6, 6.07) is 0. The van der Waals surface area contributed by atoms with Crippen LogP contribution in [0.3, 0.4) is 0 Å². The van der Waals surface area contributed by atoms with Gasteiger partial charge in [-0.2, -0.15) is 0 Å². The number of aliphatic hydroxyl groups is 1. The number of rotatable bonds is 2. The zero-order valence-electron chi connectivity index (χ0n) is 10.5. The van der Waals surface area contributed by atoms with E-state index in [4.69, 9.17) is 9.47 Å². The maximum atomic E-state index is 9.26. The molecule has 0 aromatic heterocycles. The first-order valence-electron chi connectivity index (χ1n) is 5.38. The summed E-state index contributed by atoms with van der Waals surface area (Å²) in [7, 11) is 0. The lowest BCUT2D eigenvalue weighted by Gasteiger charge is -2.30. The second-order valence-electron chi connectivity index (χ2n) is 5.24. The Morgan fingerprint density at radius 3 is 1.93 bits per heavy atom. The van der Waals surface area contributed by atoms with Gasteiger partial charge in [0.25, 0.3) is 0 Å². The summed E-state index contributed by atoms with van der Waals surface area (Å²) in [6.07, 6.45) is 0.941. The smallest absolute Gasteiger partial charge is 0.181 e. The molecule has 0 aromatic carbocycles. The summed E-state index contributed by atoms with van der Waals surface area (Å²) in [5.41, 5.74) is 0.292. The zero-order chi connectivity index (χ0) is 11.9. The Bertz CT molecular complexity index is 248. The van der Waals surface area contributed by atoms with Crippen molar-refractivity contribution in [3.63, 3.8) is 0 Å². The fourth-order valence-electron chi connectivity index (χ4n) is 1.49. The van der Waals surface area contributed by atoms with Gasteiger partial charge in [0.2, 0.25) is 0 Å². The molecule has 0 bridgehead atoms. The Morgan fingerprint density at radius 1 is 1.20 bits per heavy atom. The minimum absolute atomic E-state index is 0.314. The standard InChI is InChI=1S/C12H22O3/c1-8(7-9(2)13)10-14-11(3,4)12(5,6)15-10/h7,9-10,13H,1-6H3/b8-7-. The molecule has 1 aliphatic rings. The molecule has 3 nitrogen and oxygen atoms in total. The van der Waals surface area contributed by atoms with E-state index in [1.807, 2.05) is 34.6 Å². The van der Waals surface area contributed by atoms with Crippen molar-refractivity contribution in [2.24, 2.45) is 0 Å². The lowest BCUT2D eigenvalue weighted by molar-refractivity contribution is -0.0594.